The van der Waals surface area contributed by atoms with E-state index in [4.69, 9.17) is 6.57 Å². The van der Waals surface area contributed by atoms with Crippen LogP contribution in [0.25, 0.3) is 4.85 Å². The van der Waals surface area contributed by atoms with Gasteiger partial charge < -0.3 is 5.32 Å². The third kappa shape index (κ3) is 1.73. The summed E-state index contributed by atoms with van der Waals surface area (Å²) in [6.45, 7) is 6.79. The third-order valence-electron chi connectivity index (χ3n) is 1.58. The molecule has 0 spiro atoms. The Morgan fingerprint density at radius 1 is 1.62 bits per heavy atom. The molecule has 0 aliphatic heterocycles. The highest BCUT2D eigenvalue weighted by molar-refractivity contribution is 5.72. The maximum Gasteiger partial charge on any atom is 0.259 e. The molecule has 1 aromatic rings. The van der Waals surface area contributed by atoms with Crippen molar-refractivity contribution >= 4 is 17.1 Å². The van der Waals surface area contributed by atoms with Gasteiger partial charge in [-0.2, -0.15) is 0 Å². The molecule has 0 heterocycles. The Morgan fingerprint density at radius 3 is 2.77 bits per heavy atom. The molecule has 13 heavy (non-hydrogen) atoms. The van der Waals surface area contributed by atoms with E-state index in [2.05, 4.69) is 10.2 Å². The van der Waals surface area contributed by atoms with E-state index < -0.39 is 4.92 Å². The van der Waals surface area contributed by atoms with Gasteiger partial charge in [-0.15, -0.1) is 0 Å². The molecule has 1 aromatic carbocycles. The SMILES string of the molecule is [C-]#[N+]c1cc([N+](=O)[O-])ccc1NC. The quantitative estimate of drug-likeness (QED) is 0.428. The van der Waals surface area contributed by atoms with Crippen LogP contribution in [-0.2, 0) is 0 Å². The van der Waals surface area contributed by atoms with Gasteiger partial charge in [0, 0.05) is 24.9 Å². The Morgan fingerprint density at radius 2 is 2.31 bits per heavy atom. The van der Waals surface area contributed by atoms with Gasteiger partial charge in [0.05, 0.1) is 11.5 Å². The molecule has 1 rings (SSSR count). The fraction of sp³-hybridized carbons (Fsp3) is 0.125. The first-order valence-corrected chi connectivity index (χ1v) is 3.52. The smallest absolute Gasteiger partial charge is 0.259 e. The molecule has 0 aromatic heterocycles. The van der Waals surface area contributed by atoms with Gasteiger partial charge in [-0.25, -0.2) is 4.85 Å². The highest BCUT2D eigenvalue weighted by atomic mass is 16.6. The van der Waals surface area contributed by atoms with Crippen molar-refractivity contribution in [1.82, 2.24) is 0 Å². The summed E-state index contributed by atoms with van der Waals surface area (Å²) in [5.41, 5.74) is 0.794. The van der Waals surface area contributed by atoms with Gasteiger partial charge in [-0.3, -0.25) is 10.1 Å². The molecule has 0 saturated heterocycles. The minimum atomic E-state index is -0.520. The van der Waals surface area contributed by atoms with Crippen LogP contribution in [0.5, 0.6) is 0 Å². The van der Waals surface area contributed by atoms with E-state index in [1.807, 2.05) is 0 Å². The summed E-state index contributed by atoms with van der Waals surface area (Å²) in [7, 11) is 1.66. The summed E-state index contributed by atoms with van der Waals surface area (Å²) in [5.74, 6) is 0. The van der Waals surface area contributed by atoms with Crippen LogP contribution in [-0.4, -0.2) is 12.0 Å². The van der Waals surface area contributed by atoms with Crippen molar-refractivity contribution in [2.45, 2.75) is 0 Å². The van der Waals surface area contributed by atoms with E-state index >= 15 is 0 Å². The van der Waals surface area contributed by atoms with Crippen molar-refractivity contribution in [3.05, 3.63) is 39.7 Å². The zero-order valence-corrected chi connectivity index (χ0v) is 6.94. The van der Waals surface area contributed by atoms with Gasteiger partial charge in [-0.05, 0) is 6.07 Å². The van der Waals surface area contributed by atoms with Crippen molar-refractivity contribution in [1.29, 1.82) is 0 Å². The van der Waals surface area contributed by atoms with Crippen LogP contribution in [0.15, 0.2) is 18.2 Å². The summed E-state index contributed by atoms with van der Waals surface area (Å²) >= 11 is 0. The van der Waals surface area contributed by atoms with E-state index in [-0.39, 0.29) is 11.4 Å². The van der Waals surface area contributed by atoms with Crippen molar-refractivity contribution in [3.8, 4) is 0 Å². The summed E-state index contributed by atoms with van der Waals surface area (Å²) in [4.78, 5) is 13.0. The summed E-state index contributed by atoms with van der Waals surface area (Å²) in [5, 5.41) is 13.1. The van der Waals surface area contributed by atoms with E-state index in [0.717, 1.165) is 0 Å². The molecule has 0 amide bonds. The Balaban J connectivity index is 3.23. The van der Waals surface area contributed by atoms with Crippen LogP contribution < -0.4 is 5.32 Å². The average molecular weight is 177 g/mol. The number of nitrogens with one attached hydrogen (secondary N) is 1. The molecule has 0 aliphatic rings. The molecule has 5 nitrogen and oxygen atoms in total. The van der Waals surface area contributed by atoms with Crippen LogP contribution in [0.1, 0.15) is 0 Å². The number of anilines is 1. The molecule has 66 valence electrons. The highest BCUT2D eigenvalue weighted by Gasteiger charge is 2.08. The Kier molecular flexibility index (Phi) is 2.45. The fourth-order valence-corrected chi connectivity index (χ4v) is 0.938. The number of hydrogen-bond acceptors (Lipinski definition) is 3. The minimum Gasteiger partial charge on any atom is -0.397 e. The molecule has 0 aliphatic carbocycles. The van der Waals surface area contributed by atoms with Crippen LogP contribution in [0.2, 0.25) is 0 Å². The van der Waals surface area contributed by atoms with Gasteiger partial charge in [0.2, 0.25) is 5.69 Å². The maximum absolute atomic E-state index is 10.4. The topological polar surface area (TPSA) is 59.5 Å². The first-order chi connectivity index (χ1) is 6.19. The second kappa shape index (κ2) is 3.54. The molecule has 1 N–H and O–H groups in total. The third-order valence-corrected chi connectivity index (χ3v) is 1.58. The molecule has 0 fully saturated rings. The van der Waals surface area contributed by atoms with Crippen LogP contribution in [0.4, 0.5) is 17.1 Å². The number of non-ortho nitro benzene ring substituents is 1. The van der Waals surface area contributed by atoms with Gasteiger partial charge in [-0.1, -0.05) is 0 Å². The standard InChI is InChI=1S/C8H7N3O2/c1-9-7-4-3-6(11(12)13)5-8(7)10-2/h3-5,9H,1H3. The average Bonchev–Trinajstić information content (AvgIpc) is 2.16. The largest absolute Gasteiger partial charge is 0.397 e. The number of hydrogen-bond donors (Lipinski definition) is 1. The predicted molar refractivity (Wildman–Crippen MR) is 48.9 cm³/mol. The molecule has 5 heteroatoms. The highest BCUT2D eigenvalue weighted by Crippen LogP contribution is 2.28. The van der Waals surface area contributed by atoms with E-state index in [9.17, 15) is 10.1 Å². The first-order valence-electron chi connectivity index (χ1n) is 3.52. The van der Waals surface area contributed by atoms with Crippen LogP contribution in [0, 0.1) is 16.7 Å². The maximum atomic E-state index is 10.4. The zero-order chi connectivity index (χ0) is 9.84. The molecule has 0 unspecified atom stereocenters. The van der Waals surface area contributed by atoms with E-state index in [0.29, 0.717) is 5.69 Å². The number of nitro groups is 1. The molecular weight excluding hydrogens is 170 g/mol. The number of rotatable bonds is 2. The summed E-state index contributed by atoms with van der Waals surface area (Å²) in [6.07, 6.45) is 0. The molecular formula is C8H7N3O2. The number of benzene rings is 1. The van der Waals surface area contributed by atoms with E-state index in [1.165, 1.54) is 18.2 Å². The Labute approximate surface area is 75.0 Å². The lowest BCUT2D eigenvalue weighted by molar-refractivity contribution is -0.384. The fourth-order valence-electron chi connectivity index (χ4n) is 0.938. The molecule has 0 radical (unpaired) electrons. The molecule has 0 atom stereocenters. The van der Waals surface area contributed by atoms with Crippen molar-refractivity contribution in [3.63, 3.8) is 0 Å². The van der Waals surface area contributed by atoms with Gasteiger partial charge in [0.15, 0.2) is 0 Å². The summed E-state index contributed by atoms with van der Waals surface area (Å²) < 4.78 is 0. The molecule has 0 bridgehead atoms. The normalized spacial score (nSPS) is 8.92. The van der Waals surface area contributed by atoms with E-state index in [1.54, 1.807) is 7.05 Å². The zero-order valence-electron chi connectivity index (χ0n) is 6.94. The lowest BCUT2D eigenvalue weighted by Crippen LogP contribution is -1.91. The van der Waals surface area contributed by atoms with Gasteiger partial charge in [0.1, 0.15) is 0 Å². The van der Waals surface area contributed by atoms with Crippen molar-refractivity contribution in [2.24, 2.45) is 0 Å². The van der Waals surface area contributed by atoms with Crippen LogP contribution in [0.3, 0.4) is 0 Å². The monoisotopic (exact) mass is 177 g/mol. The van der Waals surface area contributed by atoms with Gasteiger partial charge in [0.25, 0.3) is 5.69 Å². The second-order valence-corrected chi connectivity index (χ2v) is 2.32. The van der Waals surface area contributed by atoms with Crippen molar-refractivity contribution < 1.29 is 4.92 Å². The second-order valence-electron chi connectivity index (χ2n) is 2.32. The minimum absolute atomic E-state index is 0.0648. The first kappa shape index (κ1) is 9.00. The summed E-state index contributed by atoms with van der Waals surface area (Å²) in [6, 6.07) is 4.13. The lowest BCUT2D eigenvalue weighted by Gasteiger charge is -2.01. The Bertz CT molecular complexity index is 381. The van der Waals surface area contributed by atoms with Gasteiger partial charge >= 0.3 is 0 Å². The lowest BCUT2D eigenvalue weighted by atomic mass is 10.2. The Hall–Kier alpha value is -2.09. The number of nitro benzene ring substituents is 1. The molecule has 0 saturated carbocycles. The van der Waals surface area contributed by atoms with Crippen molar-refractivity contribution in [2.75, 3.05) is 12.4 Å². The predicted octanol–water partition coefficient (Wildman–Crippen LogP) is 2.19. The number of nitrogens with zero attached hydrogens (tertiary/aromatic N) is 2. The van der Waals surface area contributed by atoms with Crippen LogP contribution >= 0.6 is 0 Å².